The summed E-state index contributed by atoms with van der Waals surface area (Å²) in [5.41, 5.74) is 7.43. The summed E-state index contributed by atoms with van der Waals surface area (Å²) < 4.78 is 0. The summed E-state index contributed by atoms with van der Waals surface area (Å²) in [4.78, 5) is 0. The Morgan fingerprint density at radius 2 is 0.483 bits per heavy atom. The van der Waals surface area contributed by atoms with Crippen LogP contribution in [0.2, 0.25) is 44.3 Å². The lowest BCUT2D eigenvalue weighted by atomic mass is 10.5. The van der Waals surface area contributed by atoms with E-state index >= 15 is 0 Å². The first-order chi connectivity index (χ1) is 13.0. The van der Waals surface area contributed by atoms with Crippen LogP contribution in [0.25, 0.3) is 0 Å². The average Bonchev–Trinajstić information content (AvgIpc) is 2.82. The predicted octanol–water partition coefficient (Wildman–Crippen LogP) is 10.0. The molecule has 1 rings (SSSR count). The Balaban J connectivity index is 4.50. The van der Waals surface area contributed by atoms with Crippen molar-refractivity contribution in [2.24, 2.45) is 0 Å². The van der Waals surface area contributed by atoms with E-state index in [-0.39, 0.29) is 0 Å². The van der Waals surface area contributed by atoms with Crippen LogP contribution in [0, 0.1) is 0 Å². The SMILES string of the molecule is CC(C)[Si]1(C(C)C)S[Si](C(C)C)(C(C)C)[Si](C(C)C)(C(C)C)[Si]1(C(C)C)C(C)C. The molecule has 1 heterocycles. The second-order valence-electron chi connectivity index (χ2n) is 12.7. The number of hydrogen-bond acceptors (Lipinski definition) is 1. The van der Waals surface area contributed by atoms with E-state index in [0.29, 0.717) is 0 Å². The molecule has 0 spiro atoms. The molecular weight excluding hydrogens is 433 g/mol. The Morgan fingerprint density at radius 1 is 0.310 bits per heavy atom. The van der Waals surface area contributed by atoms with Crippen LogP contribution in [0.15, 0.2) is 0 Å². The number of rotatable bonds is 8. The van der Waals surface area contributed by atoms with E-state index < -0.39 is 27.7 Å². The highest BCUT2D eigenvalue weighted by Crippen LogP contribution is 2.76. The van der Waals surface area contributed by atoms with Crippen LogP contribution in [0.4, 0.5) is 0 Å². The molecule has 1 fully saturated rings. The molecule has 0 unspecified atom stereocenters. The van der Waals surface area contributed by atoms with Gasteiger partial charge in [-0.3, -0.25) is 0 Å². The fraction of sp³-hybridized carbons (Fsp3) is 1.00. The van der Waals surface area contributed by atoms with Gasteiger partial charge in [0.2, 0.25) is 0 Å². The first-order valence-corrected chi connectivity index (χ1v) is 26.6. The lowest BCUT2D eigenvalue weighted by molar-refractivity contribution is 0.864. The van der Waals surface area contributed by atoms with Gasteiger partial charge in [0.05, 0.1) is 14.2 Å². The Labute approximate surface area is 192 Å². The first-order valence-electron chi connectivity index (χ1n) is 12.7. The lowest BCUT2D eigenvalue weighted by Gasteiger charge is -2.64. The van der Waals surface area contributed by atoms with Crippen LogP contribution in [0.1, 0.15) is 111 Å². The summed E-state index contributed by atoms with van der Waals surface area (Å²) in [6.45, 7) is 40.1. The molecule has 0 aromatic rings. The molecule has 0 radical (unpaired) electrons. The van der Waals surface area contributed by atoms with Crippen LogP contribution >= 0.6 is 10.7 Å². The highest BCUT2D eigenvalue weighted by Gasteiger charge is 2.85. The molecule has 0 bridgehead atoms. The topological polar surface area (TPSA) is 0 Å². The largest absolute Gasteiger partial charge is 0.210 e. The molecule has 0 aromatic carbocycles. The normalized spacial score (nSPS) is 23.2. The molecule has 0 atom stereocenters. The molecule has 0 amide bonds. The zero-order valence-corrected chi connectivity index (χ0v) is 27.8. The molecule has 1 saturated heterocycles. The maximum absolute atomic E-state index is 2.87. The number of hydrogen-bond donors (Lipinski definition) is 0. The van der Waals surface area contributed by atoms with Gasteiger partial charge >= 0.3 is 0 Å². The van der Waals surface area contributed by atoms with Gasteiger partial charge in [-0.25, -0.2) is 10.7 Å². The van der Waals surface area contributed by atoms with Crippen molar-refractivity contribution in [3.8, 4) is 0 Å². The van der Waals surface area contributed by atoms with Crippen molar-refractivity contribution in [1.29, 1.82) is 0 Å². The van der Waals surface area contributed by atoms with Gasteiger partial charge in [-0.05, 0) is 22.2 Å². The van der Waals surface area contributed by atoms with Crippen molar-refractivity contribution in [3.63, 3.8) is 0 Å². The molecule has 1 aliphatic rings. The Kier molecular flexibility index (Phi) is 8.99. The smallest absolute Gasteiger partial charge is 0.104 e. The van der Waals surface area contributed by atoms with Crippen LogP contribution in [-0.4, -0.2) is 27.7 Å². The van der Waals surface area contributed by atoms with Gasteiger partial charge < -0.3 is 0 Å². The second-order valence-corrected chi connectivity index (χ2v) is 55.3. The van der Waals surface area contributed by atoms with Gasteiger partial charge in [0.1, 0.15) is 13.5 Å². The first kappa shape index (κ1) is 28.3. The fourth-order valence-electron chi connectivity index (χ4n) is 9.86. The Morgan fingerprint density at radius 3 is 0.586 bits per heavy atom. The predicted molar refractivity (Wildman–Crippen MR) is 151 cm³/mol. The standard InChI is InChI=1S/C24H56SSi4/c1-17(2)26(18(3)4)25-27(19(5)6,20(7)8)29(23(13)14,24(15)16)28(26,21(9)10)22(11)12/h17-24H,1-16H3. The fourth-order valence-corrected chi connectivity index (χ4v) is 185. The molecule has 0 aromatic heterocycles. The Hall–Kier alpha value is 1.22. The van der Waals surface area contributed by atoms with Crippen molar-refractivity contribution in [1.82, 2.24) is 0 Å². The minimum absolute atomic E-state index is 0.917. The summed E-state index contributed by atoms with van der Waals surface area (Å²) in [6.07, 6.45) is 0. The molecule has 1 aliphatic heterocycles. The van der Waals surface area contributed by atoms with Crippen molar-refractivity contribution in [2.45, 2.75) is 155 Å². The maximum Gasteiger partial charge on any atom is 0.104 e. The zero-order chi connectivity index (χ0) is 23.3. The van der Waals surface area contributed by atoms with E-state index in [0.717, 1.165) is 44.3 Å². The van der Waals surface area contributed by atoms with Gasteiger partial charge in [0.25, 0.3) is 0 Å². The molecular formula is C24H56SSi4. The van der Waals surface area contributed by atoms with Crippen LogP contribution < -0.4 is 0 Å². The molecule has 29 heavy (non-hydrogen) atoms. The minimum atomic E-state index is -1.56. The summed E-state index contributed by atoms with van der Waals surface area (Å²) >= 11 is 0. The van der Waals surface area contributed by atoms with E-state index in [1.54, 1.807) is 0 Å². The van der Waals surface area contributed by atoms with Crippen LogP contribution in [0.3, 0.4) is 0 Å². The molecule has 0 saturated carbocycles. The van der Waals surface area contributed by atoms with E-state index in [1.165, 1.54) is 0 Å². The average molecular weight is 489 g/mol. The van der Waals surface area contributed by atoms with E-state index in [9.17, 15) is 0 Å². The van der Waals surface area contributed by atoms with E-state index in [4.69, 9.17) is 0 Å². The maximum atomic E-state index is 2.87. The van der Waals surface area contributed by atoms with Crippen LogP contribution in [-0.2, 0) is 0 Å². The lowest BCUT2D eigenvalue weighted by Crippen LogP contribution is -2.84. The van der Waals surface area contributed by atoms with Crippen LogP contribution in [0.5, 0.6) is 0 Å². The third kappa shape index (κ3) is 3.20. The summed E-state index contributed by atoms with van der Waals surface area (Å²) in [5.74, 6) is 0. The molecule has 174 valence electrons. The van der Waals surface area contributed by atoms with Gasteiger partial charge in [-0.15, -0.1) is 0 Å². The second kappa shape index (κ2) is 9.23. The van der Waals surface area contributed by atoms with Crippen molar-refractivity contribution in [2.75, 3.05) is 0 Å². The Bertz CT molecular complexity index is 469. The molecule has 0 nitrogen and oxygen atoms in total. The summed E-state index contributed by atoms with van der Waals surface area (Å²) in [6, 6.07) is 0. The van der Waals surface area contributed by atoms with Crippen molar-refractivity contribution < 1.29 is 0 Å². The zero-order valence-electron chi connectivity index (χ0n) is 23.0. The monoisotopic (exact) mass is 488 g/mol. The highest BCUT2D eigenvalue weighted by molar-refractivity contribution is 8.65. The third-order valence-corrected chi connectivity index (χ3v) is 107. The highest BCUT2D eigenvalue weighted by atomic mass is 32.6. The van der Waals surface area contributed by atoms with Gasteiger partial charge in [0, 0.05) is 0 Å². The van der Waals surface area contributed by atoms with E-state index in [1.807, 2.05) is 0 Å². The third-order valence-electron chi connectivity index (χ3n) is 9.39. The van der Waals surface area contributed by atoms with Crippen molar-refractivity contribution in [3.05, 3.63) is 0 Å². The molecule has 0 aliphatic carbocycles. The summed E-state index contributed by atoms with van der Waals surface area (Å²) in [7, 11) is -0.248. The van der Waals surface area contributed by atoms with Crippen molar-refractivity contribution >= 4 is 38.4 Å². The van der Waals surface area contributed by atoms with Gasteiger partial charge in [-0.2, -0.15) is 0 Å². The molecule has 0 N–H and O–H groups in total. The molecule has 5 heteroatoms. The van der Waals surface area contributed by atoms with E-state index in [2.05, 4.69) is 121 Å². The van der Waals surface area contributed by atoms with Gasteiger partial charge in [-0.1, -0.05) is 133 Å². The quantitative estimate of drug-likeness (QED) is 0.306. The minimum Gasteiger partial charge on any atom is -0.210 e. The van der Waals surface area contributed by atoms with Gasteiger partial charge in [0.15, 0.2) is 0 Å². The summed E-state index contributed by atoms with van der Waals surface area (Å²) in [5, 5.41) is 0.